The van der Waals surface area contributed by atoms with Gasteiger partial charge in [0.2, 0.25) is 10.0 Å². The molecular formula is C27H33N3O6S3. The number of sulfone groups is 1. The number of rotatable bonds is 8. The zero-order chi connectivity index (χ0) is 27.8. The molecule has 0 saturated carbocycles. The molecule has 1 amide bonds. The lowest BCUT2D eigenvalue weighted by Crippen LogP contribution is -2.43. The molecule has 1 aromatic heterocycles. The molecule has 2 aliphatic rings. The summed E-state index contributed by atoms with van der Waals surface area (Å²) >= 11 is 1.24. The molecule has 2 aromatic carbocycles. The first-order valence-electron chi connectivity index (χ1n) is 13.2. The Bertz CT molecular complexity index is 1560. The molecule has 0 radical (unpaired) electrons. The summed E-state index contributed by atoms with van der Waals surface area (Å²) in [4.78, 5) is 20.3. The van der Waals surface area contributed by atoms with Gasteiger partial charge in [-0.25, -0.2) is 21.8 Å². The van der Waals surface area contributed by atoms with E-state index in [-0.39, 0.29) is 27.8 Å². The van der Waals surface area contributed by atoms with Crippen molar-refractivity contribution in [1.29, 1.82) is 0 Å². The van der Waals surface area contributed by atoms with Gasteiger partial charge < -0.3 is 4.74 Å². The molecule has 2 atom stereocenters. The van der Waals surface area contributed by atoms with Crippen molar-refractivity contribution in [2.24, 2.45) is 0 Å². The van der Waals surface area contributed by atoms with E-state index in [1.54, 1.807) is 33.5 Å². The van der Waals surface area contributed by atoms with Gasteiger partial charge in [-0.1, -0.05) is 24.7 Å². The standard InChI is InChI=1S/C27H33N3O6S3/c1-3-20-7-4-5-15-30(20)39(34,35)22-11-9-19(10-12-22)26(31)29(18-21-8-6-16-36-21)27-28-24-14-13-23(38(2,32)33)17-25(24)37-27/h9-14,17,20-21H,3-8,15-16,18H2,1-2H3. The van der Waals surface area contributed by atoms with E-state index in [4.69, 9.17) is 4.74 Å². The summed E-state index contributed by atoms with van der Waals surface area (Å²) in [5, 5.41) is 0.437. The van der Waals surface area contributed by atoms with Gasteiger partial charge in [-0.15, -0.1) is 0 Å². The van der Waals surface area contributed by atoms with Crippen LogP contribution >= 0.6 is 11.3 Å². The van der Waals surface area contributed by atoms with Crippen molar-refractivity contribution in [1.82, 2.24) is 9.29 Å². The number of thiazole rings is 1. The number of carbonyl (C=O) groups is 1. The number of sulfonamides is 1. The lowest BCUT2D eigenvalue weighted by molar-refractivity contribution is 0.0917. The van der Waals surface area contributed by atoms with Gasteiger partial charge in [0.25, 0.3) is 5.91 Å². The van der Waals surface area contributed by atoms with Crippen LogP contribution in [0.4, 0.5) is 5.13 Å². The van der Waals surface area contributed by atoms with Crippen LogP contribution in [0.25, 0.3) is 10.2 Å². The summed E-state index contributed by atoms with van der Waals surface area (Å²) in [6.45, 7) is 3.44. The van der Waals surface area contributed by atoms with Gasteiger partial charge in [0.15, 0.2) is 15.0 Å². The topological polar surface area (TPSA) is 114 Å². The zero-order valence-electron chi connectivity index (χ0n) is 22.1. The fraction of sp³-hybridized carbons (Fsp3) is 0.481. The highest BCUT2D eigenvalue weighted by atomic mass is 32.2. The van der Waals surface area contributed by atoms with Crippen LogP contribution < -0.4 is 4.90 Å². The molecule has 2 unspecified atom stereocenters. The van der Waals surface area contributed by atoms with Crippen LogP contribution in [0.2, 0.25) is 0 Å². The predicted molar refractivity (Wildman–Crippen MR) is 152 cm³/mol. The maximum absolute atomic E-state index is 13.8. The van der Waals surface area contributed by atoms with Gasteiger partial charge in [-0.3, -0.25) is 9.69 Å². The first-order chi connectivity index (χ1) is 18.6. The van der Waals surface area contributed by atoms with Crippen LogP contribution in [0.5, 0.6) is 0 Å². The minimum absolute atomic E-state index is 0.00536. The number of hydrogen-bond acceptors (Lipinski definition) is 8. The quantitative estimate of drug-likeness (QED) is 0.380. The maximum Gasteiger partial charge on any atom is 0.260 e. The Labute approximate surface area is 233 Å². The van der Waals surface area contributed by atoms with Gasteiger partial charge in [0.05, 0.1) is 32.7 Å². The van der Waals surface area contributed by atoms with E-state index in [0.29, 0.717) is 40.6 Å². The number of anilines is 1. The summed E-state index contributed by atoms with van der Waals surface area (Å²) in [5.41, 5.74) is 0.940. The Hall–Kier alpha value is -2.38. The SMILES string of the molecule is CCC1CCCCN1S(=O)(=O)c1ccc(C(=O)N(CC2CCCO2)c2nc3ccc(S(C)(=O)=O)cc3s2)cc1. The largest absolute Gasteiger partial charge is 0.376 e. The number of ether oxygens (including phenoxy) is 1. The summed E-state index contributed by atoms with van der Waals surface area (Å²) in [5.74, 6) is -0.318. The van der Waals surface area contributed by atoms with Crippen LogP contribution in [-0.2, 0) is 24.6 Å². The molecule has 2 saturated heterocycles. The number of piperidine rings is 1. The Balaban J connectivity index is 1.45. The number of amides is 1. The third kappa shape index (κ3) is 5.90. The fourth-order valence-electron chi connectivity index (χ4n) is 5.24. The van der Waals surface area contributed by atoms with Gasteiger partial charge in [0.1, 0.15) is 0 Å². The number of benzene rings is 2. The van der Waals surface area contributed by atoms with Crippen molar-refractivity contribution in [3.63, 3.8) is 0 Å². The molecule has 39 heavy (non-hydrogen) atoms. The van der Waals surface area contributed by atoms with E-state index >= 15 is 0 Å². The van der Waals surface area contributed by atoms with Crippen LogP contribution in [0.3, 0.4) is 0 Å². The maximum atomic E-state index is 13.8. The summed E-state index contributed by atoms with van der Waals surface area (Å²) in [6, 6.07) is 10.8. The van der Waals surface area contributed by atoms with E-state index in [2.05, 4.69) is 4.98 Å². The highest BCUT2D eigenvalue weighted by Crippen LogP contribution is 2.33. The molecule has 9 nitrogen and oxygen atoms in total. The molecule has 0 aliphatic carbocycles. The van der Waals surface area contributed by atoms with Crippen molar-refractivity contribution in [2.45, 2.75) is 67.4 Å². The molecule has 210 valence electrons. The number of carbonyl (C=O) groups excluding carboxylic acids is 1. The zero-order valence-corrected chi connectivity index (χ0v) is 24.5. The molecule has 2 fully saturated rings. The number of fused-ring (bicyclic) bond motifs is 1. The van der Waals surface area contributed by atoms with Crippen molar-refractivity contribution < 1.29 is 26.4 Å². The predicted octanol–water partition coefficient (Wildman–Crippen LogP) is 4.48. The van der Waals surface area contributed by atoms with Gasteiger partial charge in [0, 0.05) is 31.0 Å². The summed E-state index contributed by atoms with van der Waals surface area (Å²) in [7, 11) is -7.05. The molecule has 5 rings (SSSR count). The lowest BCUT2D eigenvalue weighted by Gasteiger charge is -2.34. The Morgan fingerprint density at radius 1 is 1.05 bits per heavy atom. The monoisotopic (exact) mass is 591 g/mol. The number of hydrogen-bond donors (Lipinski definition) is 0. The first-order valence-corrected chi connectivity index (χ1v) is 17.4. The molecule has 0 N–H and O–H groups in total. The lowest BCUT2D eigenvalue weighted by atomic mass is 10.0. The molecule has 2 aliphatic heterocycles. The van der Waals surface area contributed by atoms with Crippen molar-refractivity contribution >= 4 is 52.5 Å². The van der Waals surface area contributed by atoms with Gasteiger partial charge in [-0.05, 0) is 74.6 Å². The molecule has 3 aromatic rings. The van der Waals surface area contributed by atoms with Crippen LogP contribution in [-0.4, -0.2) is 70.1 Å². The second-order valence-corrected chi connectivity index (χ2v) is 15.1. The highest BCUT2D eigenvalue weighted by Gasteiger charge is 2.33. The van der Waals surface area contributed by atoms with E-state index < -0.39 is 19.9 Å². The molecule has 0 spiro atoms. The van der Waals surface area contributed by atoms with Crippen molar-refractivity contribution in [3.8, 4) is 0 Å². The van der Waals surface area contributed by atoms with Crippen LogP contribution in [0.15, 0.2) is 52.3 Å². The normalized spacial score (nSPS) is 20.9. The first kappa shape index (κ1) is 28.2. The number of nitrogens with zero attached hydrogens (tertiary/aromatic N) is 3. The Morgan fingerprint density at radius 2 is 1.79 bits per heavy atom. The van der Waals surface area contributed by atoms with Gasteiger partial charge >= 0.3 is 0 Å². The second kappa shape index (κ2) is 11.2. The number of aromatic nitrogens is 1. The smallest absolute Gasteiger partial charge is 0.260 e. The van der Waals surface area contributed by atoms with Crippen LogP contribution in [0, 0.1) is 0 Å². The fourth-order valence-corrected chi connectivity index (χ4v) is 8.74. The average Bonchev–Trinajstić information content (AvgIpc) is 3.60. The Kier molecular flexibility index (Phi) is 8.12. The molecular weight excluding hydrogens is 559 g/mol. The van der Waals surface area contributed by atoms with Crippen molar-refractivity contribution in [2.75, 3.05) is 30.9 Å². The highest BCUT2D eigenvalue weighted by molar-refractivity contribution is 7.90. The van der Waals surface area contributed by atoms with E-state index in [1.165, 1.54) is 29.5 Å². The van der Waals surface area contributed by atoms with E-state index in [1.807, 2.05) is 6.92 Å². The third-order valence-electron chi connectivity index (χ3n) is 7.42. The van der Waals surface area contributed by atoms with Gasteiger partial charge in [-0.2, -0.15) is 4.31 Å². The molecule has 0 bridgehead atoms. The van der Waals surface area contributed by atoms with Crippen LogP contribution in [0.1, 0.15) is 55.8 Å². The Morgan fingerprint density at radius 3 is 2.46 bits per heavy atom. The van der Waals surface area contributed by atoms with E-state index in [9.17, 15) is 21.6 Å². The van der Waals surface area contributed by atoms with Crippen molar-refractivity contribution in [3.05, 3.63) is 48.0 Å². The molecule has 12 heteroatoms. The average molecular weight is 592 g/mol. The minimum Gasteiger partial charge on any atom is -0.376 e. The molecule has 3 heterocycles. The summed E-state index contributed by atoms with van der Waals surface area (Å²) < 4.78 is 58.9. The third-order valence-corrected chi connectivity index (χ3v) is 11.5. The van der Waals surface area contributed by atoms with E-state index in [0.717, 1.165) is 44.8 Å². The second-order valence-electron chi connectivity index (χ2n) is 10.1. The minimum atomic E-state index is -3.66. The summed E-state index contributed by atoms with van der Waals surface area (Å²) in [6.07, 6.45) is 6.24.